The molecule has 4 nitrogen and oxygen atoms in total. The molecule has 0 unspecified atom stereocenters. The van der Waals surface area contributed by atoms with Crippen LogP contribution in [0.2, 0.25) is 0 Å². The molecular formula is C14H18F2N2O2. The Balaban J connectivity index is 2.39. The summed E-state index contributed by atoms with van der Waals surface area (Å²) >= 11 is 0. The van der Waals surface area contributed by atoms with Gasteiger partial charge in [0.2, 0.25) is 0 Å². The molecule has 0 radical (unpaired) electrons. The first kappa shape index (κ1) is 14.9. The first-order valence-electron chi connectivity index (χ1n) is 6.56. The van der Waals surface area contributed by atoms with Crippen molar-refractivity contribution in [3.63, 3.8) is 0 Å². The van der Waals surface area contributed by atoms with Gasteiger partial charge in [-0.15, -0.1) is 0 Å². The van der Waals surface area contributed by atoms with Crippen LogP contribution < -0.4 is 5.73 Å². The number of likely N-dealkylation sites (tertiary alicyclic amines) is 1. The van der Waals surface area contributed by atoms with Crippen LogP contribution in [0.1, 0.15) is 24.4 Å². The average Bonchev–Trinajstić information content (AvgIpc) is 2.42. The third kappa shape index (κ3) is 2.96. The van der Waals surface area contributed by atoms with Gasteiger partial charge in [-0.25, -0.2) is 13.6 Å². The molecule has 20 heavy (non-hydrogen) atoms. The Hall–Kier alpha value is -1.53. The van der Waals surface area contributed by atoms with E-state index in [0.717, 1.165) is 25.0 Å². The maximum Gasteiger partial charge on any atom is 0.327 e. The monoisotopic (exact) mass is 284 g/mol. The van der Waals surface area contributed by atoms with Gasteiger partial charge in [0, 0.05) is 12.6 Å². The van der Waals surface area contributed by atoms with E-state index in [4.69, 9.17) is 10.5 Å². The fourth-order valence-corrected chi connectivity index (χ4v) is 2.61. The summed E-state index contributed by atoms with van der Waals surface area (Å²) in [6, 6.07) is 2.35. The second-order valence-electron chi connectivity index (χ2n) is 4.96. The molecule has 2 rings (SSSR count). The van der Waals surface area contributed by atoms with Gasteiger partial charge in [0.15, 0.2) is 0 Å². The number of ether oxygens (including phenoxy) is 1. The normalized spacial score (nSPS) is 21.5. The third-order valence-corrected chi connectivity index (χ3v) is 3.55. The molecule has 2 N–H and O–H groups in total. The first-order valence-corrected chi connectivity index (χ1v) is 6.56. The van der Waals surface area contributed by atoms with Crippen LogP contribution in [0.15, 0.2) is 18.2 Å². The van der Waals surface area contributed by atoms with Gasteiger partial charge in [0.05, 0.1) is 12.7 Å². The maximum absolute atomic E-state index is 13.9. The van der Waals surface area contributed by atoms with Gasteiger partial charge in [0.1, 0.15) is 17.7 Å². The minimum atomic E-state index is -1.09. The Morgan fingerprint density at radius 2 is 2.10 bits per heavy atom. The summed E-state index contributed by atoms with van der Waals surface area (Å²) in [6.07, 6.45) is 1.62. The van der Waals surface area contributed by atoms with Crippen LogP contribution in [-0.2, 0) is 9.53 Å². The van der Waals surface area contributed by atoms with Gasteiger partial charge in [-0.3, -0.25) is 4.90 Å². The van der Waals surface area contributed by atoms with Crippen molar-refractivity contribution in [2.45, 2.75) is 24.9 Å². The summed E-state index contributed by atoms with van der Waals surface area (Å²) in [5.41, 5.74) is 5.61. The van der Waals surface area contributed by atoms with Crippen LogP contribution in [0.25, 0.3) is 0 Å². The molecule has 1 aliphatic rings. The Bertz CT molecular complexity index is 476. The van der Waals surface area contributed by atoms with Crippen LogP contribution in [0.4, 0.5) is 8.78 Å². The number of methoxy groups -OCH3 is 1. The molecule has 1 aromatic rings. The molecule has 0 spiro atoms. The van der Waals surface area contributed by atoms with Crippen molar-refractivity contribution in [1.82, 2.24) is 4.90 Å². The summed E-state index contributed by atoms with van der Waals surface area (Å²) < 4.78 is 32.6. The SMILES string of the molecule is COC(=O)[C@H](c1c(F)cccc1F)N1CCC[C@@H](N)C1. The number of rotatable bonds is 3. The van der Waals surface area contributed by atoms with Crippen molar-refractivity contribution in [3.05, 3.63) is 35.4 Å². The molecule has 0 bridgehead atoms. The highest BCUT2D eigenvalue weighted by molar-refractivity contribution is 5.77. The Morgan fingerprint density at radius 3 is 2.65 bits per heavy atom. The zero-order valence-corrected chi connectivity index (χ0v) is 11.3. The summed E-state index contributed by atoms with van der Waals surface area (Å²) in [5, 5.41) is 0. The Labute approximate surface area is 116 Å². The lowest BCUT2D eigenvalue weighted by Gasteiger charge is -2.35. The van der Waals surface area contributed by atoms with Crippen molar-refractivity contribution >= 4 is 5.97 Å². The fourth-order valence-electron chi connectivity index (χ4n) is 2.61. The van der Waals surface area contributed by atoms with E-state index >= 15 is 0 Å². The lowest BCUT2D eigenvalue weighted by Crippen LogP contribution is -2.47. The Morgan fingerprint density at radius 1 is 1.45 bits per heavy atom. The minimum absolute atomic E-state index is 0.106. The standard InChI is InChI=1S/C14H18F2N2O2/c1-20-14(19)13(18-7-3-4-9(17)8-18)12-10(15)5-2-6-11(12)16/h2,5-6,9,13H,3-4,7-8,17H2,1H3/t9-,13+/m1/s1. The number of esters is 1. The highest BCUT2D eigenvalue weighted by Crippen LogP contribution is 2.29. The number of nitrogens with zero attached hydrogens (tertiary/aromatic N) is 1. The topological polar surface area (TPSA) is 55.6 Å². The Kier molecular flexibility index (Phi) is 4.67. The molecule has 110 valence electrons. The molecule has 1 heterocycles. The summed E-state index contributed by atoms with van der Waals surface area (Å²) in [5.74, 6) is -2.18. The second-order valence-corrected chi connectivity index (χ2v) is 4.96. The third-order valence-electron chi connectivity index (χ3n) is 3.55. The molecule has 2 atom stereocenters. The summed E-state index contributed by atoms with van der Waals surface area (Å²) in [6.45, 7) is 0.967. The largest absolute Gasteiger partial charge is 0.468 e. The van der Waals surface area contributed by atoms with Crippen molar-refractivity contribution < 1.29 is 18.3 Å². The lowest BCUT2D eigenvalue weighted by atomic mass is 9.99. The van der Waals surface area contributed by atoms with Gasteiger partial charge in [-0.1, -0.05) is 6.07 Å². The van der Waals surface area contributed by atoms with E-state index in [0.29, 0.717) is 13.1 Å². The molecule has 1 aromatic carbocycles. The predicted octanol–water partition coefficient (Wildman–Crippen LogP) is 1.60. The number of carbonyl (C=O) groups is 1. The van der Waals surface area contributed by atoms with Crippen LogP contribution in [-0.4, -0.2) is 37.1 Å². The fraction of sp³-hybridized carbons (Fsp3) is 0.500. The maximum atomic E-state index is 13.9. The van der Waals surface area contributed by atoms with Crippen molar-refractivity contribution in [1.29, 1.82) is 0 Å². The number of hydrogen-bond donors (Lipinski definition) is 1. The van der Waals surface area contributed by atoms with Gasteiger partial charge in [0.25, 0.3) is 0 Å². The van der Waals surface area contributed by atoms with Gasteiger partial charge in [-0.05, 0) is 31.5 Å². The van der Waals surface area contributed by atoms with E-state index in [1.165, 1.54) is 13.2 Å². The van der Waals surface area contributed by atoms with Crippen LogP contribution in [0.5, 0.6) is 0 Å². The quantitative estimate of drug-likeness (QED) is 0.857. The zero-order valence-electron chi connectivity index (χ0n) is 11.3. The molecule has 0 aromatic heterocycles. The van der Waals surface area contributed by atoms with Crippen LogP contribution in [0, 0.1) is 11.6 Å². The molecule has 1 aliphatic heterocycles. The van der Waals surface area contributed by atoms with Crippen molar-refractivity contribution in [3.8, 4) is 0 Å². The molecule has 6 heteroatoms. The minimum Gasteiger partial charge on any atom is -0.468 e. The average molecular weight is 284 g/mol. The van der Waals surface area contributed by atoms with Crippen LogP contribution >= 0.6 is 0 Å². The van der Waals surface area contributed by atoms with Gasteiger partial charge >= 0.3 is 5.97 Å². The van der Waals surface area contributed by atoms with Crippen molar-refractivity contribution in [2.24, 2.45) is 5.73 Å². The lowest BCUT2D eigenvalue weighted by molar-refractivity contribution is -0.148. The number of hydrogen-bond acceptors (Lipinski definition) is 4. The number of benzene rings is 1. The highest BCUT2D eigenvalue weighted by Gasteiger charge is 2.35. The van der Waals surface area contributed by atoms with E-state index in [2.05, 4.69) is 0 Å². The van der Waals surface area contributed by atoms with Crippen molar-refractivity contribution in [2.75, 3.05) is 20.2 Å². The second kappa shape index (κ2) is 6.28. The smallest absolute Gasteiger partial charge is 0.327 e. The predicted molar refractivity (Wildman–Crippen MR) is 69.9 cm³/mol. The molecule has 0 saturated carbocycles. The van der Waals surface area contributed by atoms with E-state index < -0.39 is 23.6 Å². The first-order chi connectivity index (χ1) is 9.54. The number of halogens is 2. The van der Waals surface area contributed by atoms with Gasteiger partial charge < -0.3 is 10.5 Å². The van der Waals surface area contributed by atoms with E-state index in [-0.39, 0.29) is 11.6 Å². The molecular weight excluding hydrogens is 266 g/mol. The molecule has 1 saturated heterocycles. The molecule has 0 amide bonds. The van der Waals surface area contributed by atoms with E-state index in [1.807, 2.05) is 0 Å². The molecule has 1 fully saturated rings. The summed E-state index contributed by atoms with van der Waals surface area (Å²) in [4.78, 5) is 13.7. The van der Waals surface area contributed by atoms with Gasteiger partial charge in [-0.2, -0.15) is 0 Å². The summed E-state index contributed by atoms with van der Waals surface area (Å²) in [7, 11) is 1.21. The number of carbonyl (C=O) groups excluding carboxylic acids is 1. The number of nitrogens with two attached hydrogens (primary N) is 1. The van der Waals surface area contributed by atoms with Crippen LogP contribution in [0.3, 0.4) is 0 Å². The van der Waals surface area contributed by atoms with E-state index in [1.54, 1.807) is 4.90 Å². The highest BCUT2D eigenvalue weighted by atomic mass is 19.1. The zero-order chi connectivity index (χ0) is 14.7. The molecule has 0 aliphatic carbocycles. The number of piperidine rings is 1. The van der Waals surface area contributed by atoms with E-state index in [9.17, 15) is 13.6 Å².